The van der Waals surface area contributed by atoms with Crippen molar-refractivity contribution >= 4 is 11.8 Å². The van der Waals surface area contributed by atoms with Gasteiger partial charge in [-0.25, -0.2) is 0 Å². The van der Waals surface area contributed by atoms with E-state index in [1.807, 2.05) is 25.8 Å². The van der Waals surface area contributed by atoms with Crippen molar-refractivity contribution in [2.24, 2.45) is 7.05 Å². The predicted octanol–water partition coefficient (Wildman–Crippen LogP) is 2.30. The smallest absolute Gasteiger partial charge is 0.272 e. The summed E-state index contributed by atoms with van der Waals surface area (Å²) < 4.78 is 6.97. The number of hydrogen-bond donors (Lipinski definition) is 2. The summed E-state index contributed by atoms with van der Waals surface area (Å²) in [7, 11) is 1.85. The number of furan rings is 1. The molecule has 1 aliphatic heterocycles. The SMILES string of the molecule is Cc1nn(C)c(C)c1C(=O)N1CCC(c2cc(C(=O)NCc3ccco3)n[nH]2)CC1. The van der Waals surface area contributed by atoms with Crippen LogP contribution in [0.15, 0.2) is 28.9 Å². The van der Waals surface area contributed by atoms with Gasteiger partial charge in [0.2, 0.25) is 0 Å². The molecule has 9 heteroatoms. The number of hydrogen-bond acceptors (Lipinski definition) is 5. The van der Waals surface area contributed by atoms with E-state index in [-0.39, 0.29) is 17.7 Å². The number of likely N-dealkylation sites (tertiary alicyclic amines) is 1. The number of piperidine rings is 1. The molecule has 158 valence electrons. The third-order valence-electron chi connectivity index (χ3n) is 5.78. The van der Waals surface area contributed by atoms with Crippen molar-refractivity contribution in [2.75, 3.05) is 13.1 Å². The molecule has 0 unspecified atom stereocenters. The summed E-state index contributed by atoms with van der Waals surface area (Å²) in [5, 5.41) is 14.3. The summed E-state index contributed by atoms with van der Waals surface area (Å²) >= 11 is 0. The number of aryl methyl sites for hydroxylation is 2. The highest BCUT2D eigenvalue weighted by Crippen LogP contribution is 2.28. The lowest BCUT2D eigenvalue weighted by Crippen LogP contribution is -2.38. The molecule has 2 amide bonds. The Balaban J connectivity index is 1.34. The number of carbonyl (C=O) groups excluding carboxylic acids is 2. The molecule has 30 heavy (non-hydrogen) atoms. The van der Waals surface area contributed by atoms with Gasteiger partial charge in [-0.1, -0.05) is 0 Å². The Morgan fingerprint density at radius 1 is 1.30 bits per heavy atom. The maximum absolute atomic E-state index is 13.0. The highest BCUT2D eigenvalue weighted by Gasteiger charge is 2.29. The standard InChI is InChI=1S/C21H26N6O3/c1-13-19(14(2)26(3)25-13)21(29)27-8-6-15(7-9-27)17-11-18(24-23-17)20(28)22-12-16-5-4-10-30-16/h4-5,10-11,15H,6-9,12H2,1-3H3,(H,22,28)(H,23,24). The average molecular weight is 410 g/mol. The largest absolute Gasteiger partial charge is 0.467 e. The van der Waals surface area contributed by atoms with Gasteiger partial charge in [-0.2, -0.15) is 10.2 Å². The molecule has 0 radical (unpaired) electrons. The molecule has 0 saturated carbocycles. The number of carbonyl (C=O) groups is 2. The van der Waals surface area contributed by atoms with Gasteiger partial charge < -0.3 is 14.6 Å². The Morgan fingerprint density at radius 2 is 2.07 bits per heavy atom. The summed E-state index contributed by atoms with van der Waals surface area (Å²) in [6, 6.07) is 5.39. The van der Waals surface area contributed by atoms with Crippen molar-refractivity contribution in [3.63, 3.8) is 0 Å². The molecular formula is C21H26N6O3. The molecule has 9 nitrogen and oxygen atoms in total. The van der Waals surface area contributed by atoms with Crippen LogP contribution >= 0.6 is 0 Å². The van der Waals surface area contributed by atoms with Crippen LogP contribution in [0.4, 0.5) is 0 Å². The Labute approximate surface area is 174 Å². The average Bonchev–Trinajstić information content (AvgIpc) is 3.48. The highest BCUT2D eigenvalue weighted by molar-refractivity contribution is 5.96. The van der Waals surface area contributed by atoms with Crippen LogP contribution in [0, 0.1) is 13.8 Å². The molecule has 4 heterocycles. The van der Waals surface area contributed by atoms with Crippen molar-refractivity contribution < 1.29 is 14.0 Å². The number of rotatable bonds is 5. The second-order valence-corrected chi connectivity index (χ2v) is 7.71. The van der Waals surface area contributed by atoms with Crippen LogP contribution in [0.3, 0.4) is 0 Å². The molecular weight excluding hydrogens is 384 g/mol. The van der Waals surface area contributed by atoms with Crippen LogP contribution in [-0.2, 0) is 13.6 Å². The molecule has 1 saturated heterocycles. The van der Waals surface area contributed by atoms with Crippen LogP contribution in [-0.4, -0.2) is 49.8 Å². The Kier molecular flexibility index (Phi) is 5.43. The zero-order valence-corrected chi connectivity index (χ0v) is 17.4. The Morgan fingerprint density at radius 3 is 2.70 bits per heavy atom. The van der Waals surface area contributed by atoms with Crippen LogP contribution in [0.2, 0.25) is 0 Å². The lowest BCUT2D eigenvalue weighted by Gasteiger charge is -2.31. The van der Waals surface area contributed by atoms with Gasteiger partial charge in [0.25, 0.3) is 11.8 Å². The number of H-pyrrole nitrogens is 1. The van der Waals surface area contributed by atoms with Crippen molar-refractivity contribution in [3.8, 4) is 0 Å². The molecule has 3 aromatic heterocycles. The summed E-state index contributed by atoms with van der Waals surface area (Å²) in [4.78, 5) is 27.1. The first-order valence-electron chi connectivity index (χ1n) is 10.1. The van der Waals surface area contributed by atoms with Gasteiger partial charge in [-0.05, 0) is 44.9 Å². The lowest BCUT2D eigenvalue weighted by molar-refractivity contribution is 0.0710. The van der Waals surface area contributed by atoms with Crippen molar-refractivity contribution in [1.82, 2.24) is 30.2 Å². The van der Waals surface area contributed by atoms with E-state index in [9.17, 15) is 9.59 Å². The highest BCUT2D eigenvalue weighted by atomic mass is 16.3. The lowest BCUT2D eigenvalue weighted by atomic mass is 9.93. The molecule has 0 spiro atoms. The topological polar surface area (TPSA) is 109 Å². The summed E-state index contributed by atoms with van der Waals surface area (Å²) in [5.41, 5.74) is 3.64. The van der Waals surface area contributed by atoms with Gasteiger partial charge in [-0.15, -0.1) is 0 Å². The number of nitrogens with one attached hydrogen (secondary N) is 2. The van der Waals surface area contributed by atoms with Gasteiger partial charge in [-0.3, -0.25) is 19.4 Å². The van der Waals surface area contributed by atoms with Gasteiger partial charge in [0.05, 0.1) is 24.1 Å². The first kappa shape index (κ1) is 19.9. The first-order chi connectivity index (χ1) is 14.4. The second-order valence-electron chi connectivity index (χ2n) is 7.71. The van der Waals surface area contributed by atoms with Crippen LogP contribution < -0.4 is 5.32 Å². The molecule has 2 N–H and O–H groups in total. The van der Waals surface area contributed by atoms with E-state index in [0.29, 0.717) is 36.7 Å². The minimum absolute atomic E-state index is 0.0409. The van der Waals surface area contributed by atoms with Crippen molar-refractivity contribution in [2.45, 2.75) is 39.2 Å². The molecule has 0 aromatic carbocycles. The van der Waals surface area contributed by atoms with E-state index < -0.39 is 0 Å². The van der Waals surface area contributed by atoms with Crippen LogP contribution in [0.25, 0.3) is 0 Å². The third-order valence-corrected chi connectivity index (χ3v) is 5.78. The van der Waals surface area contributed by atoms with E-state index in [1.54, 1.807) is 29.1 Å². The summed E-state index contributed by atoms with van der Waals surface area (Å²) in [6.07, 6.45) is 3.21. The van der Waals surface area contributed by atoms with Gasteiger partial charge in [0.15, 0.2) is 0 Å². The van der Waals surface area contributed by atoms with E-state index in [0.717, 1.165) is 29.9 Å². The molecule has 0 atom stereocenters. The molecule has 0 aliphatic carbocycles. The second kappa shape index (κ2) is 8.17. The first-order valence-corrected chi connectivity index (χ1v) is 10.1. The van der Waals surface area contributed by atoms with E-state index in [4.69, 9.17) is 4.42 Å². The molecule has 1 fully saturated rings. The minimum atomic E-state index is -0.246. The Bertz CT molecular complexity index is 1040. The van der Waals surface area contributed by atoms with Crippen LogP contribution in [0.1, 0.15) is 62.4 Å². The molecule has 4 rings (SSSR count). The maximum atomic E-state index is 13.0. The number of nitrogens with zero attached hydrogens (tertiary/aromatic N) is 4. The van der Waals surface area contributed by atoms with Crippen molar-refractivity contribution in [3.05, 3.63) is 58.6 Å². The van der Waals surface area contributed by atoms with Gasteiger partial charge >= 0.3 is 0 Å². The monoisotopic (exact) mass is 410 g/mol. The van der Waals surface area contributed by atoms with E-state index in [2.05, 4.69) is 20.6 Å². The Hall–Kier alpha value is -3.36. The van der Waals surface area contributed by atoms with Crippen LogP contribution in [0.5, 0.6) is 0 Å². The predicted molar refractivity (Wildman–Crippen MR) is 109 cm³/mol. The fraction of sp³-hybridized carbons (Fsp3) is 0.429. The quantitative estimate of drug-likeness (QED) is 0.671. The third kappa shape index (κ3) is 3.87. The molecule has 3 aromatic rings. The maximum Gasteiger partial charge on any atom is 0.272 e. The van der Waals surface area contributed by atoms with Crippen molar-refractivity contribution in [1.29, 1.82) is 0 Å². The van der Waals surface area contributed by atoms with E-state index >= 15 is 0 Å². The number of aromatic nitrogens is 4. The normalized spacial score (nSPS) is 14.8. The number of aromatic amines is 1. The summed E-state index contributed by atoms with van der Waals surface area (Å²) in [5.74, 6) is 0.725. The fourth-order valence-electron chi connectivity index (χ4n) is 3.97. The van der Waals surface area contributed by atoms with E-state index in [1.165, 1.54) is 0 Å². The zero-order chi connectivity index (χ0) is 21.3. The summed E-state index contributed by atoms with van der Waals surface area (Å²) in [6.45, 7) is 5.44. The zero-order valence-electron chi connectivity index (χ0n) is 17.4. The number of amides is 2. The molecule has 1 aliphatic rings. The fourth-order valence-corrected chi connectivity index (χ4v) is 3.97. The van der Waals surface area contributed by atoms with Gasteiger partial charge in [0, 0.05) is 37.4 Å². The van der Waals surface area contributed by atoms with Gasteiger partial charge in [0.1, 0.15) is 11.5 Å². The minimum Gasteiger partial charge on any atom is -0.467 e. The molecule has 0 bridgehead atoms.